The average Bonchev–Trinajstić information content (AvgIpc) is 2.53. The van der Waals surface area contributed by atoms with Gasteiger partial charge >= 0.3 is 6.03 Å². The van der Waals surface area contributed by atoms with Crippen LogP contribution in [0, 0.1) is 18.6 Å². The second kappa shape index (κ2) is 8.48. The summed E-state index contributed by atoms with van der Waals surface area (Å²) in [5, 5.41) is 4.98. The van der Waals surface area contributed by atoms with Crippen LogP contribution in [-0.4, -0.2) is 26.0 Å². The van der Waals surface area contributed by atoms with Gasteiger partial charge in [0.1, 0.15) is 5.69 Å². The van der Waals surface area contributed by atoms with Crippen molar-refractivity contribution in [3.05, 3.63) is 59.2 Å². The summed E-state index contributed by atoms with van der Waals surface area (Å²) in [7, 11) is 3.03. The molecule has 0 saturated heterocycles. The molecule has 0 heterocycles. The first kappa shape index (κ1) is 20.2. The van der Waals surface area contributed by atoms with E-state index in [2.05, 4.69) is 10.6 Å². The van der Waals surface area contributed by atoms with E-state index < -0.39 is 29.6 Å². The Kier molecular flexibility index (Phi) is 6.33. The third-order valence-corrected chi connectivity index (χ3v) is 4.02. The highest BCUT2D eigenvalue weighted by atomic mass is 19.1. The normalized spacial score (nSPS) is 11.6. The van der Waals surface area contributed by atoms with Gasteiger partial charge in [0, 0.05) is 19.8 Å². The number of carbonyl (C=O) groups is 2. The lowest BCUT2D eigenvalue weighted by molar-refractivity contribution is -0.116. The van der Waals surface area contributed by atoms with E-state index in [1.807, 2.05) is 19.1 Å². The van der Waals surface area contributed by atoms with Crippen LogP contribution in [0.25, 0.3) is 0 Å². The molecular weight excluding hydrogens is 354 g/mol. The van der Waals surface area contributed by atoms with E-state index in [1.165, 1.54) is 19.0 Å². The molecule has 0 fully saturated rings. The van der Waals surface area contributed by atoms with Crippen LogP contribution >= 0.6 is 0 Å². The van der Waals surface area contributed by atoms with Crippen molar-refractivity contribution in [1.29, 1.82) is 0 Å². The molecule has 144 valence electrons. The molecule has 0 aliphatic carbocycles. The highest BCUT2D eigenvalue weighted by Crippen LogP contribution is 2.26. The zero-order valence-corrected chi connectivity index (χ0v) is 15.3. The number of benzene rings is 2. The molecule has 4 N–H and O–H groups in total. The fraction of sp³-hybridized carbons (Fsp3) is 0.263. The Hall–Kier alpha value is -3.16. The largest absolute Gasteiger partial charge is 0.373 e. The molecule has 2 aromatic carbocycles. The highest BCUT2D eigenvalue weighted by Gasteiger charge is 2.20. The molecule has 0 aliphatic heterocycles. The summed E-state index contributed by atoms with van der Waals surface area (Å²) in [6, 6.07) is 7.87. The summed E-state index contributed by atoms with van der Waals surface area (Å²) < 4.78 is 28.1. The van der Waals surface area contributed by atoms with Crippen molar-refractivity contribution in [2.45, 2.75) is 19.4 Å². The maximum absolute atomic E-state index is 14.1. The van der Waals surface area contributed by atoms with Crippen LogP contribution in [0.5, 0.6) is 0 Å². The summed E-state index contributed by atoms with van der Waals surface area (Å²) in [5.74, 6) is -2.10. The Morgan fingerprint density at radius 2 is 1.74 bits per heavy atom. The minimum absolute atomic E-state index is 0.0109. The summed E-state index contributed by atoms with van der Waals surface area (Å²) in [6.45, 7) is 1.84. The number of amides is 3. The van der Waals surface area contributed by atoms with Crippen LogP contribution < -0.4 is 21.3 Å². The average molecular weight is 376 g/mol. The van der Waals surface area contributed by atoms with Crippen LogP contribution in [0.4, 0.5) is 25.0 Å². The summed E-state index contributed by atoms with van der Waals surface area (Å²) in [5.41, 5.74) is 6.60. The number of hydrogen-bond acceptors (Lipinski definition) is 3. The second-order valence-electron chi connectivity index (χ2n) is 6.35. The van der Waals surface area contributed by atoms with Gasteiger partial charge in [0.05, 0.1) is 12.5 Å². The SMILES string of the molecule is Cc1ccccc1[C@H](CC(=O)Nc1cc(F)c(N(C)C)c(F)c1)NC(N)=O. The lowest BCUT2D eigenvalue weighted by Gasteiger charge is -2.20. The molecule has 0 spiro atoms. The minimum atomic E-state index is -0.791. The zero-order chi connectivity index (χ0) is 20.1. The molecule has 8 heteroatoms. The monoisotopic (exact) mass is 376 g/mol. The molecule has 2 rings (SSSR count). The number of carbonyl (C=O) groups excluding carboxylic acids is 2. The van der Waals surface area contributed by atoms with Crippen molar-refractivity contribution in [2.75, 3.05) is 24.3 Å². The first-order chi connectivity index (χ1) is 12.7. The molecule has 0 aromatic heterocycles. The molecule has 6 nitrogen and oxygen atoms in total. The number of hydrogen-bond donors (Lipinski definition) is 3. The van der Waals surface area contributed by atoms with Crippen molar-refractivity contribution in [3.63, 3.8) is 0 Å². The van der Waals surface area contributed by atoms with E-state index >= 15 is 0 Å². The molecule has 0 radical (unpaired) electrons. The van der Waals surface area contributed by atoms with Crippen molar-refractivity contribution in [1.82, 2.24) is 5.32 Å². The van der Waals surface area contributed by atoms with E-state index in [1.54, 1.807) is 12.1 Å². The van der Waals surface area contributed by atoms with Crippen LogP contribution in [0.3, 0.4) is 0 Å². The van der Waals surface area contributed by atoms with Crippen LogP contribution in [0.2, 0.25) is 0 Å². The summed E-state index contributed by atoms with van der Waals surface area (Å²) >= 11 is 0. The molecule has 3 amide bonds. The first-order valence-electron chi connectivity index (χ1n) is 8.26. The molecule has 0 saturated carbocycles. The van der Waals surface area contributed by atoms with Gasteiger partial charge in [-0.05, 0) is 30.2 Å². The van der Waals surface area contributed by atoms with E-state index in [0.717, 1.165) is 23.3 Å². The van der Waals surface area contributed by atoms with Crippen molar-refractivity contribution < 1.29 is 18.4 Å². The van der Waals surface area contributed by atoms with Gasteiger partial charge in [0.15, 0.2) is 11.6 Å². The van der Waals surface area contributed by atoms with E-state index in [9.17, 15) is 18.4 Å². The number of anilines is 2. The van der Waals surface area contributed by atoms with Crippen LogP contribution in [0.15, 0.2) is 36.4 Å². The minimum Gasteiger partial charge on any atom is -0.373 e. The lowest BCUT2D eigenvalue weighted by Crippen LogP contribution is -2.35. The molecule has 0 bridgehead atoms. The molecule has 0 unspecified atom stereocenters. The van der Waals surface area contributed by atoms with Gasteiger partial charge in [-0.15, -0.1) is 0 Å². The van der Waals surface area contributed by atoms with Gasteiger partial charge in [-0.1, -0.05) is 24.3 Å². The fourth-order valence-corrected chi connectivity index (χ4v) is 2.85. The lowest BCUT2D eigenvalue weighted by atomic mass is 9.98. The second-order valence-corrected chi connectivity index (χ2v) is 6.35. The topological polar surface area (TPSA) is 87.5 Å². The Balaban J connectivity index is 2.19. The predicted molar refractivity (Wildman–Crippen MR) is 101 cm³/mol. The third kappa shape index (κ3) is 5.16. The number of urea groups is 1. The smallest absolute Gasteiger partial charge is 0.312 e. The Morgan fingerprint density at radius 3 is 2.26 bits per heavy atom. The first-order valence-corrected chi connectivity index (χ1v) is 8.26. The fourth-order valence-electron chi connectivity index (χ4n) is 2.85. The molecule has 2 aromatic rings. The zero-order valence-electron chi connectivity index (χ0n) is 15.3. The maximum Gasteiger partial charge on any atom is 0.312 e. The Morgan fingerprint density at radius 1 is 1.15 bits per heavy atom. The number of nitrogens with zero attached hydrogens (tertiary/aromatic N) is 1. The Bertz CT molecular complexity index is 832. The molecule has 27 heavy (non-hydrogen) atoms. The van der Waals surface area contributed by atoms with Crippen molar-refractivity contribution in [3.8, 4) is 0 Å². The van der Waals surface area contributed by atoms with E-state index in [0.29, 0.717) is 0 Å². The predicted octanol–water partition coefficient (Wildman–Crippen LogP) is 3.08. The molecule has 1 atom stereocenters. The maximum atomic E-state index is 14.1. The van der Waals surface area contributed by atoms with Crippen LogP contribution in [0.1, 0.15) is 23.6 Å². The number of halogens is 2. The third-order valence-electron chi connectivity index (χ3n) is 4.02. The highest BCUT2D eigenvalue weighted by molar-refractivity contribution is 5.92. The Labute approximate surface area is 156 Å². The van der Waals surface area contributed by atoms with Crippen molar-refractivity contribution in [2.24, 2.45) is 5.73 Å². The van der Waals surface area contributed by atoms with Gasteiger partial charge in [0.2, 0.25) is 5.91 Å². The number of aryl methyl sites for hydroxylation is 1. The van der Waals surface area contributed by atoms with Crippen LogP contribution in [-0.2, 0) is 4.79 Å². The number of nitrogens with two attached hydrogens (primary N) is 1. The van der Waals surface area contributed by atoms with Gasteiger partial charge < -0.3 is 21.3 Å². The summed E-state index contributed by atoms with van der Waals surface area (Å²) in [6.07, 6.45) is -0.146. The van der Waals surface area contributed by atoms with Gasteiger partial charge in [0.25, 0.3) is 0 Å². The standard InChI is InChI=1S/C19H22F2N4O2/c1-11-6-4-5-7-13(11)16(24-19(22)27)10-17(26)23-12-8-14(20)18(25(2)3)15(21)9-12/h4-9,16H,10H2,1-3H3,(H,23,26)(H3,22,24,27)/t16-/m0/s1. The van der Waals surface area contributed by atoms with E-state index in [-0.39, 0.29) is 17.8 Å². The van der Waals surface area contributed by atoms with Crippen molar-refractivity contribution >= 4 is 23.3 Å². The van der Waals surface area contributed by atoms with E-state index in [4.69, 9.17) is 5.73 Å². The van der Waals surface area contributed by atoms with Gasteiger partial charge in [-0.3, -0.25) is 4.79 Å². The molecular formula is C19H22F2N4O2. The molecule has 0 aliphatic rings. The summed E-state index contributed by atoms with van der Waals surface area (Å²) in [4.78, 5) is 25.0. The number of primary amides is 1. The van der Waals surface area contributed by atoms with Gasteiger partial charge in [-0.25, -0.2) is 13.6 Å². The number of rotatable bonds is 6. The number of nitrogens with one attached hydrogen (secondary N) is 2. The van der Waals surface area contributed by atoms with Gasteiger partial charge in [-0.2, -0.15) is 0 Å². The quantitative estimate of drug-likeness (QED) is 0.724.